The maximum absolute atomic E-state index is 11.7. The zero-order chi connectivity index (χ0) is 12.4. The molecule has 1 unspecified atom stereocenters. The largest absolute Gasteiger partial charge is 0.481 e. The number of nitrogens with one attached hydrogen (secondary N) is 1. The number of urea groups is 1. The van der Waals surface area contributed by atoms with Gasteiger partial charge in [0.2, 0.25) is 0 Å². The van der Waals surface area contributed by atoms with E-state index in [1.54, 1.807) is 0 Å². The van der Waals surface area contributed by atoms with Gasteiger partial charge in [0.25, 0.3) is 5.91 Å². The number of amides is 3. The van der Waals surface area contributed by atoms with E-state index < -0.39 is 23.9 Å². The molecule has 0 aromatic heterocycles. The smallest absolute Gasteiger partial charge is 0.325 e. The molecule has 2 rings (SSSR count). The zero-order valence-corrected chi connectivity index (χ0v) is 9.52. The Bertz CT molecular complexity index is 349. The van der Waals surface area contributed by atoms with E-state index in [-0.39, 0.29) is 12.5 Å². The van der Waals surface area contributed by atoms with E-state index in [9.17, 15) is 14.4 Å². The molecule has 17 heavy (non-hydrogen) atoms. The van der Waals surface area contributed by atoms with E-state index in [2.05, 4.69) is 5.32 Å². The molecular weight excluding hydrogens is 224 g/mol. The van der Waals surface area contributed by atoms with E-state index in [1.165, 1.54) is 4.90 Å². The number of rotatable bonds is 3. The van der Waals surface area contributed by atoms with Crippen molar-refractivity contribution >= 4 is 17.9 Å². The van der Waals surface area contributed by atoms with Gasteiger partial charge in [-0.2, -0.15) is 0 Å². The highest BCUT2D eigenvalue weighted by molar-refractivity contribution is 6.05. The Morgan fingerprint density at radius 3 is 2.53 bits per heavy atom. The lowest BCUT2D eigenvalue weighted by Crippen LogP contribution is -2.45. The Morgan fingerprint density at radius 2 is 1.94 bits per heavy atom. The van der Waals surface area contributed by atoms with Crippen LogP contribution in [0, 0.1) is 0 Å². The molecule has 1 heterocycles. The summed E-state index contributed by atoms with van der Waals surface area (Å²) >= 11 is 0. The highest BCUT2D eigenvalue weighted by atomic mass is 16.4. The number of imide groups is 1. The third-order valence-electron chi connectivity index (χ3n) is 3.44. The Morgan fingerprint density at radius 1 is 1.29 bits per heavy atom. The molecule has 1 atom stereocenters. The van der Waals surface area contributed by atoms with Crippen LogP contribution in [0.25, 0.3) is 0 Å². The normalized spacial score (nSPS) is 26.1. The Kier molecular flexibility index (Phi) is 3.31. The molecule has 2 N–H and O–H groups in total. The molecule has 2 fully saturated rings. The van der Waals surface area contributed by atoms with Crippen molar-refractivity contribution < 1.29 is 19.5 Å². The van der Waals surface area contributed by atoms with Crippen molar-refractivity contribution in [2.45, 2.75) is 50.6 Å². The molecule has 0 radical (unpaired) electrons. The minimum atomic E-state index is -1.05. The highest BCUT2D eigenvalue weighted by Crippen LogP contribution is 2.27. The van der Waals surface area contributed by atoms with Gasteiger partial charge in [0.1, 0.15) is 6.04 Å². The van der Waals surface area contributed by atoms with Crippen LogP contribution in [0.15, 0.2) is 0 Å². The summed E-state index contributed by atoms with van der Waals surface area (Å²) in [6.45, 7) is 0. The topological polar surface area (TPSA) is 86.7 Å². The summed E-state index contributed by atoms with van der Waals surface area (Å²) < 4.78 is 0. The summed E-state index contributed by atoms with van der Waals surface area (Å²) in [6.07, 6.45) is 4.61. The van der Waals surface area contributed by atoms with Gasteiger partial charge in [0, 0.05) is 6.04 Å². The lowest BCUT2D eigenvalue weighted by atomic mass is 9.93. The summed E-state index contributed by atoms with van der Waals surface area (Å²) in [6, 6.07) is -1.25. The minimum absolute atomic E-state index is 0.0135. The van der Waals surface area contributed by atoms with Crippen LogP contribution < -0.4 is 5.32 Å². The fourth-order valence-electron chi connectivity index (χ4n) is 2.66. The van der Waals surface area contributed by atoms with Crippen LogP contribution in [-0.4, -0.2) is 40.0 Å². The molecule has 2 aliphatic rings. The first-order valence-corrected chi connectivity index (χ1v) is 5.94. The van der Waals surface area contributed by atoms with Crippen LogP contribution in [0.3, 0.4) is 0 Å². The number of aliphatic carboxylic acids is 1. The lowest BCUT2D eigenvalue weighted by Gasteiger charge is -2.33. The number of carboxylic acid groups (broad SMARTS) is 1. The van der Waals surface area contributed by atoms with E-state index in [0.717, 1.165) is 32.1 Å². The molecule has 6 nitrogen and oxygen atoms in total. The van der Waals surface area contributed by atoms with Crippen molar-refractivity contribution in [3.05, 3.63) is 0 Å². The van der Waals surface area contributed by atoms with Crippen molar-refractivity contribution in [1.29, 1.82) is 0 Å². The van der Waals surface area contributed by atoms with Crippen molar-refractivity contribution in [3.8, 4) is 0 Å². The second-order valence-corrected chi connectivity index (χ2v) is 4.61. The zero-order valence-electron chi connectivity index (χ0n) is 9.52. The number of carbonyl (C=O) groups excluding carboxylic acids is 2. The van der Waals surface area contributed by atoms with Gasteiger partial charge in [0.15, 0.2) is 0 Å². The molecule has 0 aromatic rings. The third-order valence-corrected chi connectivity index (χ3v) is 3.44. The fourth-order valence-corrected chi connectivity index (χ4v) is 2.66. The monoisotopic (exact) mass is 240 g/mol. The van der Waals surface area contributed by atoms with Gasteiger partial charge in [-0.15, -0.1) is 0 Å². The van der Waals surface area contributed by atoms with Gasteiger partial charge in [-0.3, -0.25) is 14.9 Å². The van der Waals surface area contributed by atoms with Gasteiger partial charge in [-0.25, -0.2) is 4.79 Å². The number of carbonyl (C=O) groups is 3. The van der Waals surface area contributed by atoms with Crippen molar-refractivity contribution in [2.24, 2.45) is 0 Å². The van der Waals surface area contributed by atoms with Crippen molar-refractivity contribution in [1.82, 2.24) is 10.2 Å². The number of hydrogen-bond donors (Lipinski definition) is 2. The maximum Gasteiger partial charge on any atom is 0.325 e. The minimum Gasteiger partial charge on any atom is -0.481 e. The molecule has 1 saturated heterocycles. The molecule has 0 bridgehead atoms. The molecule has 1 saturated carbocycles. The van der Waals surface area contributed by atoms with Gasteiger partial charge in [-0.05, 0) is 12.8 Å². The number of hydrogen-bond acceptors (Lipinski definition) is 3. The maximum atomic E-state index is 11.7. The van der Waals surface area contributed by atoms with Crippen LogP contribution in [-0.2, 0) is 9.59 Å². The van der Waals surface area contributed by atoms with Gasteiger partial charge >= 0.3 is 12.0 Å². The van der Waals surface area contributed by atoms with Crippen LogP contribution >= 0.6 is 0 Å². The Hall–Kier alpha value is -1.59. The predicted octanol–water partition coefficient (Wildman–Crippen LogP) is 0.714. The summed E-state index contributed by atoms with van der Waals surface area (Å²) in [4.78, 5) is 35.4. The van der Waals surface area contributed by atoms with Gasteiger partial charge in [-0.1, -0.05) is 19.3 Å². The number of nitrogens with zero attached hydrogens (tertiary/aromatic N) is 1. The summed E-state index contributed by atoms with van der Waals surface area (Å²) in [7, 11) is 0. The summed E-state index contributed by atoms with van der Waals surface area (Å²) in [5.41, 5.74) is 0. The van der Waals surface area contributed by atoms with Crippen molar-refractivity contribution in [2.75, 3.05) is 0 Å². The second kappa shape index (κ2) is 4.73. The molecule has 1 aliphatic carbocycles. The van der Waals surface area contributed by atoms with Crippen LogP contribution in [0.1, 0.15) is 38.5 Å². The van der Waals surface area contributed by atoms with Crippen molar-refractivity contribution in [3.63, 3.8) is 0 Å². The van der Waals surface area contributed by atoms with E-state index in [0.29, 0.717) is 0 Å². The third kappa shape index (κ3) is 2.40. The highest BCUT2D eigenvalue weighted by Gasteiger charge is 2.43. The molecule has 1 aliphatic heterocycles. The average Bonchev–Trinajstić information content (AvgIpc) is 2.54. The summed E-state index contributed by atoms with van der Waals surface area (Å²) in [5.74, 6) is -1.54. The molecular formula is C11H16N2O4. The van der Waals surface area contributed by atoms with E-state index >= 15 is 0 Å². The Labute approximate surface area is 99.0 Å². The summed E-state index contributed by atoms with van der Waals surface area (Å²) in [5, 5.41) is 11.0. The first-order chi connectivity index (χ1) is 8.09. The molecule has 6 heteroatoms. The first kappa shape index (κ1) is 11.9. The second-order valence-electron chi connectivity index (χ2n) is 4.61. The average molecular weight is 240 g/mol. The number of carboxylic acids is 1. The van der Waals surface area contributed by atoms with Crippen LogP contribution in [0.4, 0.5) is 4.79 Å². The van der Waals surface area contributed by atoms with E-state index in [1.807, 2.05) is 0 Å². The molecule has 0 spiro atoms. The van der Waals surface area contributed by atoms with Crippen LogP contribution in [0.2, 0.25) is 0 Å². The SMILES string of the molecule is O=C(O)CC1C(=O)NC(=O)N1C1CCCCC1. The standard InChI is InChI=1S/C11H16N2O4/c14-9(15)6-8-10(16)12-11(17)13(8)7-4-2-1-3-5-7/h7-8H,1-6H2,(H,14,15)(H,12,16,17). The molecule has 94 valence electrons. The van der Waals surface area contributed by atoms with Gasteiger partial charge < -0.3 is 10.0 Å². The molecule has 0 aromatic carbocycles. The van der Waals surface area contributed by atoms with Gasteiger partial charge in [0.05, 0.1) is 6.42 Å². The fraction of sp³-hybridized carbons (Fsp3) is 0.727. The van der Waals surface area contributed by atoms with Crippen LogP contribution in [0.5, 0.6) is 0 Å². The predicted molar refractivity (Wildman–Crippen MR) is 58.3 cm³/mol. The Balaban J connectivity index is 2.12. The quantitative estimate of drug-likeness (QED) is 0.711. The first-order valence-electron chi connectivity index (χ1n) is 5.94. The molecule has 3 amide bonds. The van der Waals surface area contributed by atoms with E-state index in [4.69, 9.17) is 5.11 Å². The lowest BCUT2D eigenvalue weighted by molar-refractivity contribution is -0.140.